The number of rotatable bonds is 2. The van der Waals surface area contributed by atoms with Crippen molar-refractivity contribution in [1.82, 2.24) is 0 Å². The Bertz CT molecular complexity index is 359. The average Bonchev–Trinajstić information content (AvgIpc) is 2.27. The summed E-state index contributed by atoms with van der Waals surface area (Å²) in [7, 11) is 0. The Balaban J connectivity index is 3.18. The highest BCUT2D eigenvalue weighted by Gasteiger charge is 2.20. The maximum Gasteiger partial charge on any atom is 0.135 e. The Morgan fingerprint density at radius 1 is 1.69 bits per heavy atom. The standard InChI is InChI=1S/C10H11FN2/c1-4-13-10(12)9-7(3)6(2)5-8(9)11/h4-5H,1-2H2,3H3,(H2,12,13). The Kier molecular flexibility index (Phi) is 2.46. The molecule has 0 amide bonds. The van der Waals surface area contributed by atoms with Gasteiger partial charge in [-0.1, -0.05) is 13.2 Å². The van der Waals surface area contributed by atoms with Crippen molar-refractivity contribution in [3.8, 4) is 0 Å². The van der Waals surface area contributed by atoms with Crippen LogP contribution >= 0.6 is 0 Å². The third-order valence-corrected chi connectivity index (χ3v) is 1.88. The van der Waals surface area contributed by atoms with Crippen molar-refractivity contribution < 1.29 is 4.39 Å². The zero-order valence-electron chi connectivity index (χ0n) is 7.47. The highest BCUT2D eigenvalue weighted by molar-refractivity contribution is 6.03. The summed E-state index contributed by atoms with van der Waals surface area (Å²) in [5.41, 5.74) is 7.21. The third-order valence-electron chi connectivity index (χ3n) is 1.88. The molecule has 1 aliphatic rings. The monoisotopic (exact) mass is 178 g/mol. The lowest BCUT2D eigenvalue weighted by Crippen LogP contribution is -2.15. The first-order chi connectivity index (χ1) is 6.07. The number of amidine groups is 1. The summed E-state index contributed by atoms with van der Waals surface area (Å²) >= 11 is 0. The molecule has 2 nitrogen and oxygen atoms in total. The highest BCUT2D eigenvalue weighted by atomic mass is 19.1. The fourth-order valence-corrected chi connectivity index (χ4v) is 1.15. The van der Waals surface area contributed by atoms with Gasteiger partial charge in [0, 0.05) is 6.20 Å². The fourth-order valence-electron chi connectivity index (χ4n) is 1.15. The Morgan fingerprint density at radius 3 is 2.69 bits per heavy atom. The van der Waals surface area contributed by atoms with Gasteiger partial charge in [-0.05, 0) is 24.1 Å². The van der Waals surface area contributed by atoms with Crippen molar-refractivity contribution in [2.45, 2.75) is 6.92 Å². The summed E-state index contributed by atoms with van der Waals surface area (Å²) in [5.74, 6) is -0.245. The zero-order chi connectivity index (χ0) is 10.0. The highest BCUT2D eigenvalue weighted by Crippen LogP contribution is 2.30. The molecule has 0 saturated heterocycles. The van der Waals surface area contributed by atoms with Gasteiger partial charge in [-0.15, -0.1) is 0 Å². The van der Waals surface area contributed by atoms with Gasteiger partial charge in [-0.3, -0.25) is 0 Å². The second kappa shape index (κ2) is 3.39. The molecular formula is C10H11FN2. The molecule has 0 aliphatic heterocycles. The molecule has 0 atom stereocenters. The quantitative estimate of drug-likeness (QED) is 0.511. The maximum absolute atomic E-state index is 13.2. The molecule has 1 aliphatic carbocycles. The largest absolute Gasteiger partial charge is 0.383 e. The van der Waals surface area contributed by atoms with E-state index in [1.165, 1.54) is 12.3 Å². The van der Waals surface area contributed by atoms with Gasteiger partial charge >= 0.3 is 0 Å². The van der Waals surface area contributed by atoms with Crippen molar-refractivity contribution in [3.05, 3.63) is 48.0 Å². The number of nitrogens with two attached hydrogens (primary N) is 1. The summed E-state index contributed by atoms with van der Waals surface area (Å²) < 4.78 is 13.2. The van der Waals surface area contributed by atoms with E-state index < -0.39 is 0 Å². The second-order valence-electron chi connectivity index (χ2n) is 2.71. The lowest BCUT2D eigenvalue weighted by Gasteiger charge is -2.01. The van der Waals surface area contributed by atoms with E-state index in [0.717, 1.165) is 5.57 Å². The minimum atomic E-state index is -0.384. The predicted octanol–water partition coefficient (Wildman–Crippen LogP) is 2.23. The number of hydrogen-bond donors (Lipinski definition) is 1. The summed E-state index contributed by atoms with van der Waals surface area (Å²) in [6.45, 7) is 8.81. The van der Waals surface area contributed by atoms with Crippen LogP contribution in [0.2, 0.25) is 0 Å². The fraction of sp³-hybridized carbons (Fsp3) is 0.100. The molecule has 0 heterocycles. The summed E-state index contributed by atoms with van der Waals surface area (Å²) in [6, 6.07) is 0. The normalized spacial score (nSPS) is 17.8. The maximum atomic E-state index is 13.2. The smallest absolute Gasteiger partial charge is 0.135 e. The van der Waals surface area contributed by atoms with Gasteiger partial charge in [0.1, 0.15) is 11.7 Å². The van der Waals surface area contributed by atoms with Gasteiger partial charge < -0.3 is 5.73 Å². The van der Waals surface area contributed by atoms with Crippen LogP contribution in [0.25, 0.3) is 0 Å². The van der Waals surface area contributed by atoms with E-state index in [-0.39, 0.29) is 11.7 Å². The van der Waals surface area contributed by atoms with Gasteiger partial charge in [0.05, 0.1) is 5.57 Å². The van der Waals surface area contributed by atoms with Crippen LogP contribution in [0, 0.1) is 0 Å². The van der Waals surface area contributed by atoms with E-state index in [4.69, 9.17) is 5.73 Å². The second-order valence-corrected chi connectivity index (χ2v) is 2.71. The molecule has 1 rings (SSSR count). The number of allylic oxidation sites excluding steroid dienone is 3. The molecule has 0 saturated carbocycles. The van der Waals surface area contributed by atoms with Crippen LogP contribution in [0.15, 0.2) is 53.0 Å². The minimum absolute atomic E-state index is 0.139. The van der Waals surface area contributed by atoms with Crippen molar-refractivity contribution in [1.29, 1.82) is 0 Å². The molecule has 0 aromatic rings. The first-order valence-electron chi connectivity index (χ1n) is 3.80. The number of hydrogen-bond acceptors (Lipinski definition) is 1. The first-order valence-corrected chi connectivity index (χ1v) is 3.80. The van der Waals surface area contributed by atoms with Crippen LogP contribution in [0.3, 0.4) is 0 Å². The number of halogens is 1. The molecule has 0 bridgehead atoms. The van der Waals surface area contributed by atoms with Gasteiger partial charge in [0.25, 0.3) is 0 Å². The first kappa shape index (κ1) is 9.45. The van der Waals surface area contributed by atoms with Crippen LogP contribution in [0.5, 0.6) is 0 Å². The van der Waals surface area contributed by atoms with E-state index in [2.05, 4.69) is 18.2 Å². The van der Waals surface area contributed by atoms with Crippen molar-refractivity contribution in [2.24, 2.45) is 10.7 Å². The average molecular weight is 178 g/mol. The molecule has 2 N–H and O–H groups in total. The van der Waals surface area contributed by atoms with Crippen molar-refractivity contribution >= 4 is 5.84 Å². The van der Waals surface area contributed by atoms with Crippen LogP contribution < -0.4 is 5.73 Å². The van der Waals surface area contributed by atoms with Crippen LogP contribution in [-0.2, 0) is 0 Å². The summed E-state index contributed by atoms with van der Waals surface area (Å²) in [6.07, 6.45) is 2.63. The lowest BCUT2D eigenvalue weighted by molar-refractivity contribution is 0.662. The van der Waals surface area contributed by atoms with Crippen molar-refractivity contribution in [2.75, 3.05) is 0 Å². The number of nitrogens with zero attached hydrogens (tertiary/aromatic N) is 1. The van der Waals surface area contributed by atoms with Gasteiger partial charge in [-0.2, -0.15) is 0 Å². The third kappa shape index (κ3) is 1.59. The van der Waals surface area contributed by atoms with Crippen LogP contribution in [-0.4, -0.2) is 5.84 Å². The van der Waals surface area contributed by atoms with E-state index >= 15 is 0 Å². The van der Waals surface area contributed by atoms with E-state index in [0.29, 0.717) is 11.1 Å². The van der Waals surface area contributed by atoms with Gasteiger partial charge in [-0.25, -0.2) is 9.38 Å². The molecule has 0 spiro atoms. The summed E-state index contributed by atoms with van der Waals surface area (Å²) in [4.78, 5) is 3.72. The molecule has 68 valence electrons. The number of aliphatic imine (C=N–C) groups is 1. The Labute approximate surface area is 76.7 Å². The molecule has 0 unspecified atom stereocenters. The summed E-state index contributed by atoms with van der Waals surface area (Å²) in [5, 5.41) is 0. The van der Waals surface area contributed by atoms with Gasteiger partial charge in [0.15, 0.2) is 0 Å². The molecule has 3 heteroatoms. The lowest BCUT2D eigenvalue weighted by atomic mass is 10.1. The zero-order valence-corrected chi connectivity index (χ0v) is 7.47. The van der Waals surface area contributed by atoms with Crippen LogP contribution in [0.1, 0.15) is 6.92 Å². The van der Waals surface area contributed by atoms with Gasteiger partial charge in [0.2, 0.25) is 0 Å². The molecule has 0 aromatic carbocycles. The molecule has 0 aromatic heterocycles. The van der Waals surface area contributed by atoms with Crippen LogP contribution in [0.4, 0.5) is 4.39 Å². The topological polar surface area (TPSA) is 38.4 Å². The molecule has 13 heavy (non-hydrogen) atoms. The van der Waals surface area contributed by atoms with E-state index in [9.17, 15) is 4.39 Å². The van der Waals surface area contributed by atoms with Crippen molar-refractivity contribution in [3.63, 3.8) is 0 Å². The Morgan fingerprint density at radius 2 is 2.31 bits per heavy atom. The van der Waals surface area contributed by atoms with E-state index in [1.807, 2.05) is 0 Å². The SMILES string of the molecule is C=CN=C(N)C1=C(C)C(=C)C=C1F. The predicted molar refractivity (Wildman–Crippen MR) is 52.9 cm³/mol. The molecular weight excluding hydrogens is 167 g/mol. The minimum Gasteiger partial charge on any atom is -0.383 e. The van der Waals surface area contributed by atoms with E-state index in [1.54, 1.807) is 6.92 Å². The Hall–Kier alpha value is -1.64. The molecule has 0 fully saturated rings. The molecule has 0 radical (unpaired) electrons.